The molecule has 0 radical (unpaired) electrons. The van der Waals surface area contributed by atoms with Gasteiger partial charge in [-0.2, -0.15) is 0 Å². The third-order valence-corrected chi connectivity index (χ3v) is 2.42. The molecule has 0 unspecified atom stereocenters. The zero-order valence-electron chi connectivity index (χ0n) is 7.50. The summed E-state index contributed by atoms with van der Waals surface area (Å²) in [4.78, 5) is 4.28. The molecule has 0 aliphatic heterocycles. The van der Waals surface area contributed by atoms with Crippen molar-refractivity contribution >= 4 is 22.5 Å². The van der Waals surface area contributed by atoms with Gasteiger partial charge in [-0.15, -0.1) is 0 Å². The first kappa shape index (κ1) is 9.40. The average molecular weight is 208 g/mol. The molecule has 0 amide bonds. The summed E-state index contributed by atoms with van der Waals surface area (Å²) in [5.74, 6) is 5.28. The largest absolute Gasteiger partial charge is 0.271 e. The minimum absolute atomic E-state index is 0.588. The van der Waals surface area contributed by atoms with Crippen molar-refractivity contribution in [3.05, 3.63) is 41.0 Å². The third-order valence-electron chi connectivity index (χ3n) is 2.09. The highest BCUT2D eigenvalue weighted by Gasteiger charge is 2.03. The van der Waals surface area contributed by atoms with Crippen molar-refractivity contribution in [2.45, 2.75) is 6.54 Å². The van der Waals surface area contributed by atoms with Crippen molar-refractivity contribution in [3.63, 3.8) is 0 Å². The van der Waals surface area contributed by atoms with E-state index in [1.54, 1.807) is 6.20 Å². The van der Waals surface area contributed by atoms with Crippen LogP contribution in [0.1, 0.15) is 5.56 Å². The molecule has 1 aromatic carbocycles. The molecular weight excluding hydrogens is 198 g/mol. The second-order valence-electron chi connectivity index (χ2n) is 2.99. The second kappa shape index (κ2) is 3.92. The van der Waals surface area contributed by atoms with E-state index in [0.717, 1.165) is 16.5 Å². The van der Waals surface area contributed by atoms with Crippen molar-refractivity contribution in [2.75, 3.05) is 0 Å². The van der Waals surface area contributed by atoms with Crippen LogP contribution in [0.3, 0.4) is 0 Å². The molecule has 0 aliphatic rings. The molecule has 0 atom stereocenters. The quantitative estimate of drug-likeness (QED) is 0.584. The molecule has 1 heterocycles. The van der Waals surface area contributed by atoms with Crippen LogP contribution in [0.5, 0.6) is 0 Å². The smallest absolute Gasteiger partial charge is 0.0762 e. The Kier molecular flexibility index (Phi) is 2.63. The van der Waals surface area contributed by atoms with Gasteiger partial charge in [0.25, 0.3) is 0 Å². The van der Waals surface area contributed by atoms with Gasteiger partial charge in [0, 0.05) is 23.2 Å². The standard InChI is InChI=1S/C10H10ClN3/c11-9-4-3-7(6-14-12)10-8(9)2-1-5-13-10/h1-5,14H,6,12H2. The maximum absolute atomic E-state index is 6.04. The number of rotatable bonds is 2. The minimum Gasteiger partial charge on any atom is -0.271 e. The maximum Gasteiger partial charge on any atom is 0.0762 e. The van der Waals surface area contributed by atoms with Crippen LogP contribution in [0.25, 0.3) is 10.9 Å². The Morgan fingerprint density at radius 3 is 3.00 bits per heavy atom. The van der Waals surface area contributed by atoms with Crippen molar-refractivity contribution in [3.8, 4) is 0 Å². The fourth-order valence-electron chi connectivity index (χ4n) is 1.45. The molecule has 14 heavy (non-hydrogen) atoms. The van der Waals surface area contributed by atoms with Gasteiger partial charge in [0.2, 0.25) is 0 Å². The number of benzene rings is 1. The van der Waals surface area contributed by atoms with Gasteiger partial charge in [0.05, 0.1) is 5.52 Å². The van der Waals surface area contributed by atoms with Crippen LogP contribution in [0.15, 0.2) is 30.5 Å². The van der Waals surface area contributed by atoms with Gasteiger partial charge in [0.15, 0.2) is 0 Å². The van der Waals surface area contributed by atoms with E-state index < -0.39 is 0 Å². The Bertz CT molecular complexity index is 456. The zero-order valence-corrected chi connectivity index (χ0v) is 8.25. The molecule has 3 N–H and O–H groups in total. The lowest BCUT2D eigenvalue weighted by atomic mass is 10.1. The first-order valence-electron chi connectivity index (χ1n) is 4.28. The summed E-state index contributed by atoms with van der Waals surface area (Å²) >= 11 is 6.04. The van der Waals surface area contributed by atoms with Gasteiger partial charge in [-0.3, -0.25) is 16.3 Å². The number of fused-ring (bicyclic) bond motifs is 1. The lowest BCUT2D eigenvalue weighted by Gasteiger charge is -2.05. The number of halogens is 1. The van der Waals surface area contributed by atoms with Crippen molar-refractivity contribution in [2.24, 2.45) is 5.84 Å². The topological polar surface area (TPSA) is 50.9 Å². The number of nitrogens with one attached hydrogen (secondary N) is 1. The van der Waals surface area contributed by atoms with Gasteiger partial charge >= 0.3 is 0 Å². The summed E-state index contributed by atoms with van der Waals surface area (Å²) in [7, 11) is 0. The van der Waals surface area contributed by atoms with Gasteiger partial charge in [0.1, 0.15) is 0 Å². The predicted octanol–water partition coefficient (Wildman–Crippen LogP) is 1.85. The Morgan fingerprint density at radius 2 is 2.21 bits per heavy atom. The van der Waals surface area contributed by atoms with E-state index in [1.807, 2.05) is 24.3 Å². The molecule has 0 spiro atoms. The normalized spacial score (nSPS) is 10.7. The first-order valence-corrected chi connectivity index (χ1v) is 4.66. The molecule has 0 bridgehead atoms. The van der Waals surface area contributed by atoms with E-state index >= 15 is 0 Å². The van der Waals surface area contributed by atoms with Crippen LogP contribution in [-0.2, 0) is 6.54 Å². The third kappa shape index (κ3) is 1.57. The highest BCUT2D eigenvalue weighted by molar-refractivity contribution is 6.35. The van der Waals surface area contributed by atoms with E-state index in [9.17, 15) is 0 Å². The number of hydrazine groups is 1. The maximum atomic E-state index is 6.04. The zero-order chi connectivity index (χ0) is 9.97. The number of pyridine rings is 1. The number of hydrogen-bond donors (Lipinski definition) is 2. The molecule has 2 rings (SSSR count). The van der Waals surface area contributed by atoms with Crippen molar-refractivity contribution in [1.82, 2.24) is 10.4 Å². The summed E-state index contributed by atoms with van der Waals surface area (Å²) in [6.07, 6.45) is 1.75. The van der Waals surface area contributed by atoms with E-state index in [1.165, 1.54) is 0 Å². The molecule has 0 saturated heterocycles. The minimum atomic E-state index is 0.588. The molecular formula is C10H10ClN3. The van der Waals surface area contributed by atoms with Crippen LogP contribution >= 0.6 is 11.6 Å². The van der Waals surface area contributed by atoms with Gasteiger partial charge in [-0.05, 0) is 23.8 Å². The van der Waals surface area contributed by atoms with E-state index in [4.69, 9.17) is 17.4 Å². The van der Waals surface area contributed by atoms with Crippen LogP contribution in [-0.4, -0.2) is 4.98 Å². The Labute approximate surface area is 86.9 Å². The van der Waals surface area contributed by atoms with Gasteiger partial charge < -0.3 is 0 Å². The van der Waals surface area contributed by atoms with Crippen LogP contribution in [0.2, 0.25) is 5.02 Å². The monoisotopic (exact) mass is 207 g/mol. The molecule has 72 valence electrons. The Morgan fingerprint density at radius 1 is 1.36 bits per heavy atom. The number of hydrogen-bond acceptors (Lipinski definition) is 3. The van der Waals surface area contributed by atoms with E-state index in [2.05, 4.69) is 10.4 Å². The average Bonchev–Trinajstić information content (AvgIpc) is 2.23. The predicted molar refractivity (Wildman–Crippen MR) is 57.8 cm³/mol. The Balaban J connectivity index is 2.68. The molecule has 3 nitrogen and oxygen atoms in total. The summed E-state index contributed by atoms with van der Waals surface area (Å²) in [6.45, 7) is 0.588. The van der Waals surface area contributed by atoms with Crippen molar-refractivity contribution < 1.29 is 0 Å². The van der Waals surface area contributed by atoms with Crippen LogP contribution in [0.4, 0.5) is 0 Å². The number of nitrogens with two attached hydrogens (primary N) is 1. The van der Waals surface area contributed by atoms with E-state index in [-0.39, 0.29) is 0 Å². The summed E-state index contributed by atoms with van der Waals surface area (Å²) < 4.78 is 0. The van der Waals surface area contributed by atoms with Gasteiger partial charge in [-0.25, -0.2) is 0 Å². The first-order chi connectivity index (χ1) is 6.83. The molecule has 0 aliphatic carbocycles. The second-order valence-corrected chi connectivity index (χ2v) is 3.39. The molecule has 2 aromatic rings. The molecule has 1 aromatic heterocycles. The van der Waals surface area contributed by atoms with Gasteiger partial charge in [-0.1, -0.05) is 17.7 Å². The molecule has 4 heteroatoms. The van der Waals surface area contributed by atoms with Crippen LogP contribution < -0.4 is 11.3 Å². The SMILES string of the molecule is NNCc1ccc(Cl)c2cccnc12. The fraction of sp³-hybridized carbons (Fsp3) is 0.100. The fourth-order valence-corrected chi connectivity index (χ4v) is 1.66. The highest BCUT2D eigenvalue weighted by atomic mass is 35.5. The number of nitrogens with zero attached hydrogens (tertiary/aromatic N) is 1. The lowest BCUT2D eigenvalue weighted by Crippen LogP contribution is -2.21. The molecule has 0 saturated carbocycles. The van der Waals surface area contributed by atoms with E-state index in [0.29, 0.717) is 11.6 Å². The van der Waals surface area contributed by atoms with Crippen molar-refractivity contribution in [1.29, 1.82) is 0 Å². The van der Waals surface area contributed by atoms with Crippen LogP contribution in [0, 0.1) is 0 Å². The highest BCUT2D eigenvalue weighted by Crippen LogP contribution is 2.24. The summed E-state index contributed by atoms with van der Waals surface area (Å²) in [5.41, 5.74) is 4.56. The summed E-state index contributed by atoms with van der Waals surface area (Å²) in [6, 6.07) is 7.61. The Hall–Kier alpha value is -1.16. The molecule has 0 fully saturated rings. The number of aromatic nitrogens is 1. The summed E-state index contributed by atoms with van der Waals surface area (Å²) in [5, 5.41) is 1.68. The lowest BCUT2D eigenvalue weighted by molar-refractivity contribution is 0.744.